The molecule has 4 heteroatoms. The second kappa shape index (κ2) is 3.89. The number of nitrogens with two attached hydrogens (primary N) is 1. The van der Waals surface area contributed by atoms with Crippen LogP contribution in [0, 0.1) is 6.92 Å². The van der Waals surface area contributed by atoms with Gasteiger partial charge in [0.05, 0.1) is 10.6 Å². The predicted molar refractivity (Wildman–Crippen MR) is 59.3 cm³/mol. The van der Waals surface area contributed by atoms with Crippen molar-refractivity contribution in [3.05, 3.63) is 17.2 Å². The highest BCUT2D eigenvalue weighted by atomic mass is 32.1. The fraction of sp³-hybridized carbons (Fsp3) is 0.444. The molecule has 0 amide bonds. The number of nitrogens with zero attached hydrogens (tertiary/aromatic N) is 2. The minimum atomic E-state index is 0.496. The van der Waals surface area contributed by atoms with Crippen LogP contribution in [0.4, 0.5) is 5.13 Å². The van der Waals surface area contributed by atoms with Crippen LogP contribution in [0.3, 0.4) is 0 Å². The average molecular weight is 197 g/mol. The van der Waals surface area contributed by atoms with Crippen LogP contribution in [0.25, 0.3) is 5.57 Å². The zero-order valence-corrected chi connectivity index (χ0v) is 9.11. The molecule has 0 unspecified atom stereocenters. The van der Waals surface area contributed by atoms with Gasteiger partial charge in [-0.3, -0.25) is 0 Å². The highest BCUT2D eigenvalue weighted by molar-refractivity contribution is 7.16. The number of anilines is 1. The third kappa shape index (κ3) is 2.08. The van der Waals surface area contributed by atoms with Gasteiger partial charge in [-0.05, 0) is 12.5 Å². The van der Waals surface area contributed by atoms with Crippen LogP contribution >= 0.6 is 11.3 Å². The topological polar surface area (TPSA) is 42.1 Å². The van der Waals surface area contributed by atoms with E-state index in [1.807, 2.05) is 25.9 Å². The van der Waals surface area contributed by atoms with Crippen molar-refractivity contribution in [1.29, 1.82) is 0 Å². The molecule has 72 valence electrons. The van der Waals surface area contributed by atoms with Gasteiger partial charge in [-0.1, -0.05) is 17.9 Å². The van der Waals surface area contributed by atoms with Gasteiger partial charge >= 0.3 is 0 Å². The van der Waals surface area contributed by atoms with E-state index >= 15 is 0 Å². The van der Waals surface area contributed by atoms with E-state index < -0.39 is 0 Å². The fourth-order valence-electron chi connectivity index (χ4n) is 0.994. The molecule has 0 aliphatic heterocycles. The Morgan fingerprint density at radius 1 is 1.62 bits per heavy atom. The van der Waals surface area contributed by atoms with E-state index in [4.69, 9.17) is 5.73 Å². The Balaban J connectivity index is 3.03. The number of hydrogen-bond donors (Lipinski definition) is 1. The Morgan fingerprint density at radius 3 is 2.62 bits per heavy atom. The van der Waals surface area contributed by atoms with Crippen LogP contribution in [-0.2, 0) is 0 Å². The van der Waals surface area contributed by atoms with Crippen LogP contribution in [0.1, 0.15) is 10.6 Å². The summed E-state index contributed by atoms with van der Waals surface area (Å²) in [6, 6.07) is 0. The second-order valence-electron chi connectivity index (χ2n) is 3.11. The molecular formula is C9H15N3S. The molecule has 0 fully saturated rings. The van der Waals surface area contributed by atoms with E-state index in [2.05, 4.69) is 11.6 Å². The zero-order valence-electron chi connectivity index (χ0n) is 8.29. The quantitative estimate of drug-likeness (QED) is 0.798. The monoisotopic (exact) mass is 197 g/mol. The molecule has 0 bridgehead atoms. The van der Waals surface area contributed by atoms with Gasteiger partial charge in [0, 0.05) is 20.6 Å². The summed E-state index contributed by atoms with van der Waals surface area (Å²) in [6.45, 7) is 6.39. The molecule has 3 nitrogen and oxygen atoms in total. The van der Waals surface area contributed by atoms with E-state index in [0.29, 0.717) is 6.54 Å². The van der Waals surface area contributed by atoms with Crippen LogP contribution in [0.15, 0.2) is 6.58 Å². The van der Waals surface area contributed by atoms with Crippen LogP contribution in [-0.4, -0.2) is 25.6 Å². The molecular weight excluding hydrogens is 182 g/mol. The molecule has 1 aromatic heterocycles. The van der Waals surface area contributed by atoms with E-state index in [-0.39, 0.29) is 0 Å². The van der Waals surface area contributed by atoms with E-state index in [1.165, 1.54) is 0 Å². The standard InChI is InChI=1S/C9H15N3S/c1-6(5-10)8-7(2)11-9(13-8)12(3)4/h1,5,10H2,2-4H3. The molecule has 0 saturated carbocycles. The van der Waals surface area contributed by atoms with Gasteiger partial charge in [-0.15, -0.1) is 0 Å². The molecule has 0 spiro atoms. The van der Waals surface area contributed by atoms with Gasteiger partial charge in [-0.25, -0.2) is 4.98 Å². The molecule has 2 N–H and O–H groups in total. The molecule has 0 radical (unpaired) electrons. The lowest BCUT2D eigenvalue weighted by Crippen LogP contribution is -2.07. The summed E-state index contributed by atoms with van der Waals surface area (Å²) in [5, 5.41) is 1.00. The number of aryl methyl sites for hydroxylation is 1. The first kappa shape index (κ1) is 10.2. The molecule has 1 rings (SSSR count). The van der Waals surface area contributed by atoms with Crippen molar-refractivity contribution in [2.45, 2.75) is 6.92 Å². The summed E-state index contributed by atoms with van der Waals surface area (Å²) in [5.74, 6) is 0. The molecule has 1 heterocycles. The van der Waals surface area contributed by atoms with Crippen LogP contribution in [0.5, 0.6) is 0 Å². The minimum Gasteiger partial charge on any atom is -0.354 e. The smallest absolute Gasteiger partial charge is 0.185 e. The van der Waals surface area contributed by atoms with E-state index in [0.717, 1.165) is 21.3 Å². The Morgan fingerprint density at radius 2 is 2.23 bits per heavy atom. The lowest BCUT2D eigenvalue weighted by Gasteiger charge is -2.05. The lowest BCUT2D eigenvalue weighted by molar-refractivity contribution is 1.08. The summed E-state index contributed by atoms with van der Waals surface area (Å²) in [5.41, 5.74) is 7.50. The van der Waals surface area contributed by atoms with Crippen molar-refractivity contribution in [3.8, 4) is 0 Å². The van der Waals surface area contributed by atoms with E-state index in [9.17, 15) is 0 Å². The Hall–Kier alpha value is -0.870. The van der Waals surface area contributed by atoms with Crippen molar-refractivity contribution in [1.82, 2.24) is 4.98 Å². The highest BCUT2D eigenvalue weighted by Crippen LogP contribution is 2.28. The van der Waals surface area contributed by atoms with E-state index in [1.54, 1.807) is 11.3 Å². The Kier molecular flexibility index (Phi) is 3.06. The fourth-order valence-corrected chi connectivity index (χ4v) is 1.96. The molecule has 13 heavy (non-hydrogen) atoms. The summed E-state index contributed by atoms with van der Waals surface area (Å²) in [4.78, 5) is 7.52. The molecule has 0 saturated heterocycles. The number of aromatic nitrogens is 1. The van der Waals surface area contributed by atoms with Crippen molar-refractivity contribution in [3.63, 3.8) is 0 Å². The zero-order chi connectivity index (χ0) is 10.0. The third-order valence-corrected chi connectivity index (χ3v) is 3.16. The molecule has 0 atom stereocenters. The van der Waals surface area contributed by atoms with Gasteiger partial charge in [-0.2, -0.15) is 0 Å². The van der Waals surface area contributed by atoms with Crippen LogP contribution < -0.4 is 10.6 Å². The summed E-state index contributed by atoms with van der Waals surface area (Å²) in [6.07, 6.45) is 0. The minimum absolute atomic E-state index is 0.496. The highest BCUT2D eigenvalue weighted by Gasteiger charge is 2.10. The number of hydrogen-bond acceptors (Lipinski definition) is 4. The maximum absolute atomic E-state index is 5.52. The molecule has 0 aliphatic carbocycles. The summed E-state index contributed by atoms with van der Waals surface area (Å²) in [7, 11) is 3.96. The Labute approximate surface area is 82.9 Å². The van der Waals surface area contributed by atoms with Crippen LogP contribution in [0.2, 0.25) is 0 Å². The average Bonchev–Trinajstić information content (AvgIpc) is 2.46. The number of rotatable bonds is 3. The van der Waals surface area contributed by atoms with Gasteiger partial charge in [0.25, 0.3) is 0 Å². The van der Waals surface area contributed by atoms with Crippen molar-refractivity contribution in [2.75, 3.05) is 25.5 Å². The second-order valence-corrected chi connectivity index (χ2v) is 4.09. The lowest BCUT2D eigenvalue weighted by atomic mass is 10.2. The maximum Gasteiger partial charge on any atom is 0.185 e. The normalized spacial score (nSPS) is 10.2. The first-order valence-corrected chi connectivity index (χ1v) is 4.91. The van der Waals surface area contributed by atoms with Crippen molar-refractivity contribution >= 4 is 22.0 Å². The predicted octanol–water partition coefficient (Wildman–Crippen LogP) is 1.49. The summed E-state index contributed by atoms with van der Waals surface area (Å²) >= 11 is 1.64. The van der Waals surface area contributed by atoms with Gasteiger partial charge in [0.15, 0.2) is 5.13 Å². The SMILES string of the molecule is C=C(CN)c1sc(N(C)C)nc1C. The largest absolute Gasteiger partial charge is 0.354 e. The molecule has 0 aliphatic rings. The summed E-state index contributed by atoms with van der Waals surface area (Å²) < 4.78 is 0. The van der Waals surface area contributed by atoms with Gasteiger partial charge in [0.1, 0.15) is 0 Å². The van der Waals surface area contributed by atoms with Crippen molar-refractivity contribution in [2.24, 2.45) is 5.73 Å². The van der Waals surface area contributed by atoms with Gasteiger partial charge in [0.2, 0.25) is 0 Å². The maximum atomic E-state index is 5.52. The third-order valence-electron chi connectivity index (χ3n) is 1.74. The first-order valence-electron chi connectivity index (χ1n) is 4.09. The van der Waals surface area contributed by atoms with Gasteiger partial charge < -0.3 is 10.6 Å². The van der Waals surface area contributed by atoms with Crippen molar-refractivity contribution < 1.29 is 0 Å². The Bertz CT molecular complexity index is 315. The first-order chi connectivity index (χ1) is 6.06. The number of thiazole rings is 1. The molecule has 1 aromatic rings. The molecule has 0 aromatic carbocycles.